The number of primary amides is 1. The zero-order valence-electron chi connectivity index (χ0n) is 10.8. The molecule has 1 aliphatic carbocycles. The maximum atomic E-state index is 11.3. The molecule has 1 atom stereocenters. The smallest absolute Gasteiger partial charge is 0.277 e. The molecule has 6 heteroatoms. The first kappa shape index (κ1) is 11.8. The van der Waals surface area contributed by atoms with Crippen LogP contribution in [0.2, 0.25) is 0 Å². The number of fused-ring (bicyclic) bond motifs is 3. The fraction of sp³-hybridized carbons (Fsp3) is 0.357. The molecule has 0 aromatic carbocycles. The number of nitrogens with zero attached hydrogens (tertiary/aromatic N) is 2. The molecule has 3 heterocycles. The minimum Gasteiger partial charge on any atom is -0.369 e. The first-order valence-electron chi connectivity index (χ1n) is 6.66. The third-order valence-corrected chi connectivity index (χ3v) is 5.41. The Labute approximate surface area is 120 Å². The first-order chi connectivity index (χ1) is 9.68. The lowest BCUT2D eigenvalue weighted by atomic mass is 9.72. The Balaban J connectivity index is 1.75. The average Bonchev–Trinajstić information content (AvgIpc) is 3.02. The summed E-state index contributed by atoms with van der Waals surface area (Å²) >= 11 is 1.45. The molecule has 0 radical (unpaired) electrons. The highest BCUT2D eigenvalue weighted by atomic mass is 32.1. The van der Waals surface area contributed by atoms with Crippen LogP contribution in [0.15, 0.2) is 18.3 Å². The van der Waals surface area contributed by atoms with Gasteiger partial charge < -0.3 is 11.1 Å². The Hall–Kier alpha value is -1.95. The Morgan fingerprint density at radius 3 is 3.25 bits per heavy atom. The molecule has 2 aromatic rings. The highest BCUT2D eigenvalue weighted by molar-refractivity contribution is 7.13. The molecule has 102 valence electrons. The van der Waals surface area contributed by atoms with Gasteiger partial charge in [-0.2, -0.15) is 0 Å². The van der Waals surface area contributed by atoms with Crippen molar-refractivity contribution >= 4 is 23.1 Å². The predicted octanol–water partition coefficient (Wildman–Crippen LogP) is 1.49. The molecular formula is C14H14N4OS. The van der Waals surface area contributed by atoms with Gasteiger partial charge >= 0.3 is 0 Å². The molecule has 5 nitrogen and oxygen atoms in total. The summed E-state index contributed by atoms with van der Waals surface area (Å²) in [7, 11) is 0. The van der Waals surface area contributed by atoms with Crippen LogP contribution in [-0.2, 0) is 18.3 Å². The molecule has 0 fully saturated rings. The van der Waals surface area contributed by atoms with Crippen LogP contribution in [0, 0.1) is 0 Å². The van der Waals surface area contributed by atoms with Gasteiger partial charge in [0.2, 0.25) is 0 Å². The van der Waals surface area contributed by atoms with Crippen LogP contribution >= 0.6 is 11.3 Å². The van der Waals surface area contributed by atoms with E-state index in [9.17, 15) is 4.79 Å². The van der Waals surface area contributed by atoms with Crippen molar-refractivity contribution in [1.29, 1.82) is 0 Å². The second kappa shape index (κ2) is 4.02. The van der Waals surface area contributed by atoms with Crippen LogP contribution in [-0.4, -0.2) is 22.4 Å². The first-order valence-corrected chi connectivity index (χ1v) is 7.47. The number of anilines is 1. The minimum absolute atomic E-state index is 0.0953. The van der Waals surface area contributed by atoms with E-state index < -0.39 is 5.91 Å². The van der Waals surface area contributed by atoms with Crippen molar-refractivity contribution in [2.24, 2.45) is 5.73 Å². The van der Waals surface area contributed by atoms with Gasteiger partial charge in [-0.3, -0.25) is 4.79 Å². The molecular weight excluding hydrogens is 272 g/mol. The van der Waals surface area contributed by atoms with Crippen molar-refractivity contribution in [1.82, 2.24) is 9.97 Å². The summed E-state index contributed by atoms with van der Waals surface area (Å²) in [5.41, 5.74) is 7.77. The van der Waals surface area contributed by atoms with Crippen molar-refractivity contribution < 1.29 is 4.79 Å². The Bertz CT molecular complexity index is 711. The number of aromatic nitrogens is 2. The van der Waals surface area contributed by atoms with Crippen LogP contribution in [0.4, 0.5) is 5.82 Å². The molecule has 4 rings (SSSR count). The van der Waals surface area contributed by atoms with Gasteiger partial charge in [-0.05, 0) is 25.3 Å². The third kappa shape index (κ3) is 1.57. The van der Waals surface area contributed by atoms with E-state index in [1.807, 2.05) is 12.3 Å². The standard InChI is InChI=1S/C14H14N4OS/c15-11(19)13-18-9-3-4-14(6-10(9)20-13)7-17-12-8(14)2-1-5-16-12/h1-2,5H,3-4,6-7H2,(H2,15,19)(H,16,17). The molecule has 2 aliphatic rings. The van der Waals surface area contributed by atoms with E-state index in [1.54, 1.807) is 0 Å². The van der Waals surface area contributed by atoms with Crippen molar-refractivity contribution in [3.63, 3.8) is 0 Å². The van der Waals surface area contributed by atoms with E-state index in [1.165, 1.54) is 21.8 Å². The lowest BCUT2D eigenvalue weighted by Crippen LogP contribution is -2.34. The number of carbonyl (C=O) groups is 1. The fourth-order valence-corrected chi connectivity index (χ4v) is 4.38. The van der Waals surface area contributed by atoms with E-state index in [2.05, 4.69) is 21.4 Å². The van der Waals surface area contributed by atoms with Gasteiger partial charge in [-0.1, -0.05) is 6.07 Å². The number of amides is 1. The third-order valence-electron chi connectivity index (χ3n) is 4.30. The zero-order valence-corrected chi connectivity index (χ0v) is 11.7. The van der Waals surface area contributed by atoms with Crippen molar-refractivity contribution in [3.8, 4) is 0 Å². The van der Waals surface area contributed by atoms with Crippen molar-refractivity contribution in [3.05, 3.63) is 39.5 Å². The van der Waals surface area contributed by atoms with Gasteiger partial charge in [0.1, 0.15) is 5.82 Å². The van der Waals surface area contributed by atoms with Gasteiger partial charge in [0.05, 0.1) is 5.69 Å². The molecule has 1 unspecified atom stereocenters. The summed E-state index contributed by atoms with van der Waals surface area (Å²) in [6.45, 7) is 0.905. The lowest BCUT2D eigenvalue weighted by molar-refractivity contribution is 0.0999. The summed E-state index contributed by atoms with van der Waals surface area (Å²) in [4.78, 5) is 21.2. The van der Waals surface area contributed by atoms with Gasteiger partial charge in [0.25, 0.3) is 5.91 Å². The summed E-state index contributed by atoms with van der Waals surface area (Å²) in [5, 5.41) is 3.84. The second-order valence-electron chi connectivity index (χ2n) is 5.46. The van der Waals surface area contributed by atoms with Crippen LogP contribution in [0.5, 0.6) is 0 Å². The van der Waals surface area contributed by atoms with Gasteiger partial charge in [0, 0.05) is 28.6 Å². The highest BCUT2D eigenvalue weighted by Crippen LogP contribution is 2.45. The predicted molar refractivity (Wildman–Crippen MR) is 77.1 cm³/mol. The SMILES string of the molecule is NC(=O)c1nc2c(s1)CC1(CC2)CNc2ncccc21. The molecule has 0 saturated carbocycles. The number of hydrogen-bond acceptors (Lipinski definition) is 5. The topological polar surface area (TPSA) is 80.9 Å². The molecule has 1 spiro atoms. The highest BCUT2D eigenvalue weighted by Gasteiger charge is 2.43. The van der Waals surface area contributed by atoms with Crippen LogP contribution in [0.25, 0.3) is 0 Å². The monoisotopic (exact) mass is 286 g/mol. The second-order valence-corrected chi connectivity index (χ2v) is 6.55. The van der Waals surface area contributed by atoms with E-state index >= 15 is 0 Å². The number of carbonyl (C=O) groups excluding carboxylic acids is 1. The Kier molecular flexibility index (Phi) is 2.38. The molecule has 0 bridgehead atoms. The largest absolute Gasteiger partial charge is 0.369 e. The number of thiazole rings is 1. The average molecular weight is 286 g/mol. The molecule has 2 aromatic heterocycles. The minimum atomic E-state index is -0.426. The van der Waals surface area contributed by atoms with Gasteiger partial charge in [-0.15, -0.1) is 11.3 Å². The fourth-order valence-electron chi connectivity index (χ4n) is 3.28. The summed E-state index contributed by atoms with van der Waals surface area (Å²) in [6, 6.07) is 4.15. The van der Waals surface area contributed by atoms with Crippen LogP contribution in [0.3, 0.4) is 0 Å². The number of nitrogens with one attached hydrogen (secondary N) is 1. The molecule has 1 aliphatic heterocycles. The zero-order chi connectivity index (χ0) is 13.7. The van der Waals surface area contributed by atoms with Crippen LogP contribution < -0.4 is 11.1 Å². The molecule has 1 amide bonds. The quantitative estimate of drug-likeness (QED) is 0.832. The summed E-state index contributed by atoms with van der Waals surface area (Å²) in [6.07, 6.45) is 4.67. The summed E-state index contributed by atoms with van der Waals surface area (Å²) in [5.74, 6) is 0.570. The lowest BCUT2D eigenvalue weighted by Gasteiger charge is -2.32. The van der Waals surface area contributed by atoms with E-state index in [0.717, 1.165) is 37.3 Å². The maximum absolute atomic E-state index is 11.3. The van der Waals surface area contributed by atoms with Gasteiger partial charge in [-0.25, -0.2) is 9.97 Å². The number of hydrogen-bond donors (Lipinski definition) is 2. The molecule has 3 N–H and O–H groups in total. The number of nitrogens with two attached hydrogens (primary N) is 1. The normalized spacial score (nSPS) is 23.2. The van der Waals surface area contributed by atoms with E-state index in [0.29, 0.717) is 5.01 Å². The van der Waals surface area contributed by atoms with E-state index in [-0.39, 0.29) is 5.41 Å². The Morgan fingerprint density at radius 2 is 2.40 bits per heavy atom. The van der Waals surface area contributed by atoms with Crippen molar-refractivity contribution in [2.75, 3.05) is 11.9 Å². The number of aryl methyl sites for hydroxylation is 1. The molecule has 20 heavy (non-hydrogen) atoms. The maximum Gasteiger partial charge on any atom is 0.277 e. The van der Waals surface area contributed by atoms with Gasteiger partial charge in [0.15, 0.2) is 5.01 Å². The summed E-state index contributed by atoms with van der Waals surface area (Å²) < 4.78 is 0. The number of rotatable bonds is 1. The molecule has 0 saturated heterocycles. The number of pyridine rings is 1. The van der Waals surface area contributed by atoms with Crippen molar-refractivity contribution in [2.45, 2.75) is 24.7 Å². The van der Waals surface area contributed by atoms with E-state index in [4.69, 9.17) is 5.73 Å². The Morgan fingerprint density at radius 1 is 1.50 bits per heavy atom. The van der Waals surface area contributed by atoms with Crippen LogP contribution in [0.1, 0.15) is 32.4 Å².